The molecule has 4 rings (SSSR count). The molecule has 3 N–H and O–H groups in total. The van der Waals surface area contributed by atoms with Gasteiger partial charge in [-0.15, -0.1) is 5.10 Å². The lowest BCUT2D eigenvalue weighted by molar-refractivity contribution is 0.249. The number of carbonyl (C=O) groups is 1. The van der Waals surface area contributed by atoms with Gasteiger partial charge in [-0.25, -0.2) is 19.7 Å². The number of hydrogen-bond donors (Lipinski definition) is 3. The second-order valence-corrected chi connectivity index (χ2v) is 6.73. The third-order valence-electron chi connectivity index (χ3n) is 4.61. The van der Waals surface area contributed by atoms with Crippen molar-refractivity contribution in [2.24, 2.45) is 0 Å². The average Bonchev–Trinajstić information content (AvgIpc) is 3.16. The van der Waals surface area contributed by atoms with Gasteiger partial charge in [-0.1, -0.05) is 30.3 Å². The highest BCUT2D eigenvalue weighted by molar-refractivity contribution is 5.99. The Morgan fingerprint density at radius 1 is 1.17 bits per heavy atom. The lowest BCUT2D eigenvalue weighted by atomic mass is 10.1. The molecule has 1 atom stereocenters. The fourth-order valence-electron chi connectivity index (χ4n) is 3.18. The Labute approximate surface area is 172 Å². The number of ether oxygens (including phenoxy) is 1. The van der Waals surface area contributed by atoms with E-state index in [-0.39, 0.29) is 12.1 Å². The van der Waals surface area contributed by atoms with Gasteiger partial charge >= 0.3 is 6.03 Å². The summed E-state index contributed by atoms with van der Waals surface area (Å²) in [6.45, 7) is 3.72. The number of aromatic amines is 1. The van der Waals surface area contributed by atoms with Gasteiger partial charge in [-0.2, -0.15) is 0 Å². The van der Waals surface area contributed by atoms with E-state index in [0.717, 1.165) is 5.56 Å². The van der Waals surface area contributed by atoms with Crippen molar-refractivity contribution in [3.05, 3.63) is 60.0 Å². The van der Waals surface area contributed by atoms with Crippen molar-refractivity contribution in [3.8, 4) is 17.3 Å². The Bertz CT molecular complexity index is 1190. The van der Waals surface area contributed by atoms with Gasteiger partial charge in [-0.3, -0.25) is 10.4 Å². The number of nitrogens with zero attached hydrogens (tertiary/aromatic N) is 4. The van der Waals surface area contributed by atoms with Crippen molar-refractivity contribution in [2.45, 2.75) is 19.9 Å². The number of hydrogen-bond acceptors (Lipinski definition) is 6. The monoisotopic (exact) mass is 403 g/mol. The number of urea groups is 1. The standard InChI is InChI=1S/C21H21N7O2/c1-12(14-7-5-4-6-8-14)23-21(29)26-17-11-16-18(20(30-3)28-27-16)19(25-17)15-9-10-22-13(2)24-15/h4-12H,1-3H3,(H,27,28)(H2,23,25,26,29). The zero-order chi connectivity index (χ0) is 21.1. The third-order valence-corrected chi connectivity index (χ3v) is 4.61. The molecule has 1 aromatic carbocycles. The van der Waals surface area contributed by atoms with E-state index >= 15 is 0 Å². The van der Waals surface area contributed by atoms with Gasteiger partial charge < -0.3 is 10.1 Å². The predicted molar refractivity (Wildman–Crippen MR) is 113 cm³/mol. The van der Waals surface area contributed by atoms with Crippen LogP contribution >= 0.6 is 0 Å². The molecule has 2 amide bonds. The highest BCUT2D eigenvalue weighted by atomic mass is 16.5. The van der Waals surface area contributed by atoms with Gasteiger partial charge in [0.05, 0.1) is 29.7 Å². The number of nitrogens with one attached hydrogen (secondary N) is 3. The molecule has 0 saturated carbocycles. The molecule has 0 radical (unpaired) electrons. The van der Waals surface area contributed by atoms with Crippen molar-refractivity contribution in [3.63, 3.8) is 0 Å². The Balaban J connectivity index is 1.66. The number of benzene rings is 1. The molecule has 0 spiro atoms. The van der Waals surface area contributed by atoms with Crippen molar-refractivity contribution in [2.75, 3.05) is 12.4 Å². The number of amides is 2. The summed E-state index contributed by atoms with van der Waals surface area (Å²) >= 11 is 0. The lowest BCUT2D eigenvalue weighted by Gasteiger charge is -2.15. The van der Waals surface area contributed by atoms with E-state index in [1.54, 1.807) is 25.3 Å². The fourth-order valence-corrected chi connectivity index (χ4v) is 3.18. The molecule has 152 valence electrons. The number of anilines is 1. The zero-order valence-corrected chi connectivity index (χ0v) is 16.8. The zero-order valence-electron chi connectivity index (χ0n) is 16.8. The maximum atomic E-state index is 12.6. The Morgan fingerprint density at radius 3 is 2.70 bits per heavy atom. The first kappa shape index (κ1) is 19.3. The molecule has 9 heteroatoms. The number of aromatic nitrogens is 5. The summed E-state index contributed by atoms with van der Waals surface area (Å²) in [4.78, 5) is 25.8. The van der Waals surface area contributed by atoms with E-state index < -0.39 is 0 Å². The summed E-state index contributed by atoms with van der Waals surface area (Å²) in [6.07, 6.45) is 1.66. The van der Waals surface area contributed by atoms with Crippen LogP contribution in [-0.2, 0) is 0 Å². The minimum absolute atomic E-state index is 0.161. The molecule has 30 heavy (non-hydrogen) atoms. The van der Waals surface area contributed by atoms with Crippen molar-refractivity contribution < 1.29 is 9.53 Å². The quantitative estimate of drug-likeness (QED) is 0.468. The van der Waals surface area contributed by atoms with Crippen LogP contribution in [0.15, 0.2) is 48.7 Å². The smallest absolute Gasteiger partial charge is 0.320 e. The molecule has 4 aromatic rings. The average molecular weight is 403 g/mol. The second-order valence-electron chi connectivity index (χ2n) is 6.73. The maximum absolute atomic E-state index is 12.6. The first-order valence-electron chi connectivity index (χ1n) is 9.40. The molecule has 0 bridgehead atoms. The fraction of sp³-hybridized carbons (Fsp3) is 0.190. The Morgan fingerprint density at radius 2 is 1.97 bits per heavy atom. The van der Waals surface area contributed by atoms with Crippen molar-refractivity contribution in [1.82, 2.24) is 30.5 Å². The molecule has 3 heterocycles. The normalized spacial score (nSPS) is 11.8. The molecular formula is C21H21N7O2. The summed E-state index contributed by atoms with van der Waals surface area (Å²) in [5.41, 5.74) is 2.81. The van der Waals surface area contributed by atoms with Gasteiger partial charge in [-0.05, 0) is 25.5 Å². The molecule has 0 aliphatic rings. The first-order valence-corrected chi connectivity index (χ1v) is 9.40. The van der Waals surface area contributed by atoms with E-state index in [9.17, 15) is 4.79 Å². The number of rotatable bonds is 5. The van der Waals surface area contributed by atoms with E-state index in [0.29, 0.717) is 39.8 Å². The number of methoxy groups -OCH3 is 1. The van der Waals surface area contributed by atoms with Crippen LogP contribution in [0, 0.1) is 6.92 Å². The predicted octanol–water partition coefficient (Wildman–Crippen LogP) is 3.61. The largest absolute Gasteiger partial charge is 0.479 e. The van der Waals surface area contributed by atoms with Crippen molar-refractivity contribution in [1.29, 1.82) is 0 Å². The summed E-state index contributed by atoms with van der Waals surface area (Å²) in [6, 6.07) is 12.6. The van der Waals surface area contributed by atoms with E-state index in [1.165, 1.54) is 7.11 Å². The minimum Gasteiger partial charge on any atom is -0.479 e. The van der Waals surface area contributed by atoms with E-state index in [4.69, 9.17) is 4.74 Å². The highest BCUT2D eigenvalue weighted by Crippen LogP contribution is 2.33. The van der Waals surface area contributed by atoms with E-state index in [1.807, 2.05) is 37.3 Å². The SMILES string of the molecule is COc1n[nH]c2cc(NC(=O)NC(C)c3ccccc3)nc(-c3ccnc(C)n3)c12. The summed E-state index contributed by atoms with van der Waals surface area (Å²) in [5.74, 6) is 1.37. The number of carbonyl (C=O) groups excluding carboxylic acids is 1. The second kappa shape index (κ2) is 8.16. The number of H-pyrrole nitrogens is 1. The van der Waals surface area contributed by atoms with Gasteiger partial charge in [0.2, 0.25) is 5.88 Å². The Kier molecular flexibility index (Phi) is 5.25. The van der Waals surface area contributed by atoms with Crippen molar-refractivity contribution >= 4 is 22.8 Å². The Hall–Kier alpha value is -4.01. The summed E-state index contributed by atoms with van der Waals surface area (Å²) < 4.78 is 5.36. The topological polar surface area (TPSA) is 118 Å². The molecular weight excluding hydrogens is 382 g/mol. The van der Waals surface area contributed by atoms with Crippen LogP contribution in [0.1, 0.15) is 24.4 Å². The molecule has 3 aromatic heterocycles. The molecule has 0 saturated heterocycles. The van der Waals surface area contributed by atoms with Crippen LogP contribution < -0.4 is 15.4 Å². The van der Waals surface area contributed by atoms with Gasteiger partial charge in [0.1, 0.15) is 17.3 Å². The first-order chi connectivity index (χ1) is 14.5. The van der Waals surface area contributed by atoms with Crippen LogP contribution in [0.4, 0.5) is 10.6 Å². The third kappa shape index (κ3) is 3.90. The summed E-state index contributed by atoms with van der Waals surface area (Å²) in [5, 5.41) is 13.5. The van der Waals surface area contributed by atoms with Gasteiger partial charge in [0.15, 0.2) is 0 Å². The van der Waals surface area contributed by atoms with E-state index in [2.05, 4.69) is 35.8 Å². The molecule has 1 unspecified atom stereocenters. The van der Waals surface area contributed by atoms with Gasteiger partial charge in [0.25, 0.3) is 0 Å². The number of aryl methyl sites for hydroxylation is 1. The number of fused-ring (bicyclic) bond motifs is 1. The molecule has 9 nitrogen and oxygen atoms in total. The van der Waals surface area contributed by atoms with Crippen LogP contribution in [-0.4, -0.2) is 38.3 Å². The maximum Gasteiger partial charge on any atom is 0.320 e. The highest BCUT2D eigenvalue weighted by Gasteiger charge is 2.18. The van der Waals surface area contributed by atoms with Crippen LogP contribution in [0.5, 0.6) is 5.88 Å². The van der Waals surface area contributed by atoms with Crippen LogP contribution in [0.25, 0.3) is 22.3 Å². The lowest BCUT2D eigenvalue weighted by Crippen LogP contribution is -2.31. The van der Waals surface area contributed by atoms with Gasteiger partial charge in [0, 0.05) is 12.3 Å². The van der Waals surface area contributed by atoms with Crippen LogP contribution in [0.2, 0.25) is 0 Å². The minimum atomic E-state index is -0.366. The van der Waals surface area contributed by atoms with Crippen LogP contribution in [0.3, 0.4) is 0 Å². The summed E-state index contributed by atoms with van der Waals surface area (Å²) in [7, 11) is 1.54. The number of pyridine rings is 1. The molecule has 0 aliphatic heterocycles. The molecule has 0 aliphatic carbocycles. The molecule has 0 fully saturated rings.